The van der Waals surface area contributed by atoms with Crippen LogP contribution in [0.2, 0.25) is 0 Å². The number of hydrogen-bond donors (Lipinski definition) is 0. The van der Waals surface area contributed by atoms with Crippen LogP contribution in [0.4, 0.5) is 0 Å². The number of pyridine rings is 2. The third-order valence-corrected chi connectivity index (χ3v) is 5.75. The molecule has 0 amide bonds. The lowest BCUT2D eigenvalue weighted by atomic mass is 9.94. The first-order valence-electron chi connectivity index (χ1n) is 10.6. The smallest absolute Gasteiger partial charge is 0.187 e. The Morgan fingerprint density at radius 2 is 1.32 bits per heavy atom. The van der Waals surface area contributed by atoms with Crippen LogP contribution in [0, 0.1) is 0 Å². The standard InChI is InChI=1S/C27H23N3O/c1-2-30-17-23(15-19-7-9-25-21(13-19)5-3-11-28-25)27(31)24(18-30)16-20-8-10-26-22(14-20)6-4-12-29-26/h3-16H,2,17-18H2,1H3/b23-15-,24-16+. The molecule has 0 atom stereocenters. The van der Waals surface area contributed by atoms with Crippen LogP contribution in [0.25, 0.3) is 34.0 Å². The van der Waals surface area contributed by atoms with Crippen molar-refractivity contribution in [3.05, 3.63) is 95.3 Å². The fourth-order valence-electron chi connectivity index (χ4n) is 4.10. The van der Waals surface area contributed by atoms with Gasteiger partial charge in [0.2, 0.25) is 0 Å². The van der Waals surface area contributed by atoms with Crippen molar-refractivity contribution in [1.82, 2.24) is 14.9 Å². The molecule has 0 unspecified atom stereocenters. The van der Waals surface area contributed by atoms with Gasteiger partial charge in [-0.2, -0.15) is 0 Å². The van der Waals surface area contributed by atoms with Gasteiger partial charge in [0.1, 0.15) is 0 Å². The van der Waals surface area contributed by atoms with Gasteiger partial charge in [0.05, 0.1) is 11.0 Å². The van der Waals surface area contributed by atoms with Crippen molar-refractivity contribution in [2.45, 2.75) is 6.92 Å². The Bertz CT molecular complexity index is 1250. The maximum Gasteiger partial charge on any atom is 0.187 e. The minimum atomic E-state index is 0.127. The summed E-state index contributed by atoms with van der Waals surface area (Å²) >= 11 is 0. The predicted molar refractivity (Wildman–Crippen MR) is 127 cm³/mol. The van der Waals surface area contributed by atoms with Crippen molar-refractivity contribution in [2.75, 3.05) is 19.6 Å². The highest BCUT2D eigenvalue weighted by molar-refractivity contribution is 6.14. The summed E-state index contributed by atoms with van der Waals surface area (Å²) in [5, 5.41) is 2.15. The Hall–Kier alpha value is -3.63. The molecule has 0 bridgehead atoms. The fraction of sp³-hybridized carbons (Fsp3) is 0.148. The van der Waals surface area contributed by atoms with Gasteiger partial charge in [-0.1, -0.05) is 31.2 Å². The summed E-state index contributed by atoms with van der Waals surface area (Å²) in [6.45, 7) is 4.36. The van der Waals surface area contributed by atoms with E-state index < -0.39 is 0 Å². The van der Waals surface area contributed by atoms with E-state index in [-0.39, 0.29) is 5.78 Å². The zero-order valence-corrected chi connectivity index (χ0v) is 17.5. The number of aromatic nitrogens is 2. The molecular weight excluding hydrogens is 382 g/mol. The third-order valence-electron chi connectivity index (χ3n) is 5.75. The number of Topliss-reactive ketones (excluding diaryl/α,β-unsaturated/α-hetero) is 1. The summed E-state index contributed by atoms with van der Waals surface area (Å²) in [6.07, 6.45) is 7.64. The number of fused-ring (bicyclic) bond motifs is 2. The first-order chi connectivity index (χ1) is 15.2. The molecule has 1 saturated heterocycles. The van der Waals surface area contributed by atoms with E-state index in [1.165, 1.54) is 0 Å². The molecule has 31 heavy (non-hydrogen) atoms. The van der Waals surface area contributed by atoms with Crippen molar-refractivity contribution >= 4 is 39.7 Å². The molecule has 0 aliphatic carbocycles. The summed E-state index contributed by atoms with van der Waals surface area (Å²) in [7, 11) is 0. The summed E-state index contributed by atoms with van der Waals surface area (Å²) in [6, 6.07) is 20.2. The Kier molecular flexibility index (Phi) is 5.14. The Labute approximate surface area is 181 Å². The highest BCUT2D eigenvalue weighted by atomic mass is 16.1. The molecule has 1 aliphatic rings. The molecule has 0 N–H and O–H groups in total. The van der Waals surface area contributed by atoms with Crippen molar-refractivity contribution in [3.63, 3.8) is 0 Å². The summed E-state index contributed by atoms with van der Waals surface area (Å²) < 4.78 is 0. The van der Waals surface area contributed by atoms with Gasteiger partial charge in [-0.05, 0) is 66.2 Å². The zero-order valence-electron chi connectivity index (χ0n) is 17.5. The van der Waals surface area contributed by atoms with Crippen molar-refractivity contribution in [1.29, 1.82) is 0 Å². The first kappa shape index (κ1) is 19.3. The summed E-state index contributed by atoms with van der Waals surface area (Å²) in [5.74, 6) is 0.127. The normalized spacial score (nSPS) is 17.8. The molecule has 4 heteroatoms. The Morgan fingerprint density at radius 3 is 1.81 bits per heavy atom. The maximum absolute atomic E-state index is 13.3. The van der Waals surface area contributed by atoms with E-state index in [4.69, 9.17) is 0 Å². The Morgan fingerprint density at radius 1 is 0.806 bits per heavy atom. The largest absolute Gasteiger partial charge is 0.295 e. The minimum Gasteiger partial charge on any atom is -0.295 e. The highest BCUT2D eigenvalue weighted by Crippen LogP contribution is 2.24. The van der Waals surface area contributed by atoms with E-state index in [0.29, 0.717) is 13.1 Å². The van der Waals surface area contributed by atoms with E-state index in [2.05, 4.69) is 33.9 Å². The number of benzene rings is 2. The molecule has 0 radical (unpaired) electrons. The average molecular weight is 406 g/mol. The number of hydrogen-bond acceptors (Lipinski definition) is 4. The van der Waals surface area contributed by atoms with Crippen molar-refractivity contribution in [3.8, 4) is 0 Å². The lowest BCUT2D eigenvalue weighted by Crippen LogP contribution is -2.37. The molecule has 0 saturated carbocycles. The van der Waals surface area contributed by atoms with Crippen LogP contribution >= 0.6 is 0 Å². The molecule has 1 fully saturated rings. The lowest BCUT2D eigenvalue weighted by molar-refractivity contribution is -0.113. The number of rotatable bonds is 3. The van der Waals surface area contributed by atoms with Gasteiger partial charge in [-0.3, -0.25) is 19.7 Å². The number of ketones is 1. The topological polar surface area (TPSA) is 46.1 Å². The number of carbonyl (C=O) groups excluding carboxylic acids is 1. The SMILES string of the molecule is CCN1C/C(=C/c2ccc3ncccc3c2)C(=O)/C(=C/c2ccc3ncccc3c2)C1. The number of likely N-dealkylation sites (N-methyl/N-ethyl adjacent to an activating group) is 1. The minimum absolute atomic E-state index is 0.127. The van der Waals surface area contributed by atoms with Crippen molar-refractivity contribution in [2.24, 2.45) is 0 Å². The average Bonchev–Trinajstić information content (AvgIpc) is 2.81. The van der Waals surface area contributed by atoms with Crippen LogP contribution in [-0.2, 0) is 4.79 Å². The quantitative estimate of drug-likeness (QED) is 0.442. The first-order valence-corrected chi connectivity index (χ1v) is 10.6. The molecule has 2 aromatic carbocycles. The van der Waals surface area contributed by atoms with Gasteiger partial charge >= 0.3 is 0 Å². The monoisotopic (exact) mass is 405 g/mol. The Balaban J connectivity index is 1.51. The van der Waals surface area contributed by atoms with Crippen LogP contribution in [-0.4, -0.2) is 40.3 Å². The lowest BCUT2D eigenvalue weighted by Gasteiger charge is -2.28. The van der Waals surface area contributed by atoms with E-state index in [9.17, 15) is 4.79 Å². The molecule has 5 rings (SSSR count). The van der Waals surface area contributed by atoms with Crippen LogP contribution < -0.4 is 0 Å². The molecule has 3 heterocycles. The van der Waals surface area contributed by atoms with Gasteiger partial charge < -0.3 is 0 Å². The zero-order chi connectivity index (χ0) is 21.2. The van der Waals surface area contributed by atoms with Gasteiger partial charge in [0.25, 0.3) is 0 Å². The van der Waals surface area contributed by atoms with Gasteiger partial charge in [0, 0.05) is 47.4 Å². The molecular formula is C27H23N3O. The third kappa shape index (κ3) is 4.03. The molecule has 152 valence electrons. The van der Waals surface area contributed by atoms with Gasteiger partial charge in [0.15, 0.2) is 5.78 Å². The molecule has 2 aromatic heterocycles. The van der Waals surface area contributed by atoms with Gasteiger partial charge in [-0.15, -0.1) is 0 Å². The molecule has 1 aliphatic heterocycles. The number of carbonyl (C=O) groups is 1. The fourth-order valence-corrected chi connectivity index (χ4v) is 4.10. The highest BCUT2D eigenvalue weighted by Gasteiger charge is 2.25. The summed E-state index contributed by atoms with van der Waals surface area (Å²) in [4.78, 5) is 24.4. The molecule has 4 aromatic rings. The van der Waals surface area contributed by atoms with E-state index >= 15 is 0 Å². The second-order valence-electron chi connectivity index (χ2n) is 7.88. The van der Waals surface area contributed by atoms with E-state index in [1.807, 2.05) is 60.7 Å². The summed E-state index contributed by atoms with van der Waals surface area (Å²) in [5.41, 5.74) is 5.62. The van der Waals surface area contributed by atoms with Crippen LogP contribution in [0.15, 0.2) is 84.2 Å². The second-order valence-corrected chi connectivity index (χ2v) is 7.88. The molecule has 0 spiro atoms. The van der Waals surface area contributed by atoms with E-state index in [1.54, 1.807) is 12.4 Å². The number of likely N-dealkylation sites (tertiary alicyclic amines) is 1. The van der Waals surface area contributed by atoms with E-state index in [0.717, 1.165) is 50.6 Å². The van der Waals surface area contributed by atoms with Crippen LogP contribution in [0.1, 0.15) is 18.1 Å². The number of piperidine rings is 1. The van der Waals surface area contributed by atoms with Crippen LogP contribution in [0.5, 0.6) is 0 Å². The van der Waals surface area contributed by atoms with Crippen molar-refractivity contribution < 1.29 is 4.79 Å². The number of nitrogens with zero attached hydrogens (tertiary/aromatic N) is 3. The molecule has 4 nitrogen and oxygen atoms in total. The van der Waals surface area contributed by atoms with Gasteiger partial charge in [-0.25, -0.2) is 0 Å². The second kappa shape index (κ2) is 8.25. The maximum atomic E-state index is 13.3. The predicted octanol–water partition coefficient (Wildman–Crippen LogP) is 5.15. The van der Waals surface area contributed by atoms with Crippen LogP contribution in [0.3, 0.4) is 0 Å².